The molecule has 0 aromatic heterocycles. The Morgan fingerprint density at radius 3 is 2.15 bits per heavy atom. The Morgan fingerprint density at radius 2 is 1.62 bits per heavy atom. The molecule has 1 atom stereocenters. The van der Waals surface area contributed by atoms with E-state index < -0.39 is 24.0 Å². The van der Waals surface area contributed by atoms with Crippen molar-refractivity contribution in [1.29, 1.82) is 0 Å². The van der Waals surface area contributed by atoms with Crippen LogP contribution in [-0.4, -0.2) is 39.1 Å². The van der Waals surface area contributed by atoms with Crippen molar-refractivity contribution >= 4 is 18.0 Å². The van der Waals surface area contributed by atoms with Gasteiger partial charge in [0.1, 0.15) is 18.4 Å². The first-order valence-electron chi connectivity index (χ1n) is 7.89. The third kappa shape index (κ3) is 5.07. The largest absolute Gasteiger partial charge is 0.508 e. The van der Waals surface area contributed by atoms with Crippen LogP contribution in [0.5, 0.6) is 5.75 Å². The number of aliphatic carboxylic acids is 1. The lowest BCUT2D eigenvalue weighted by Crippen LogP contribution is -2.49. The van der Waals surface area contributed by atoms with E-state index >= 15 is 0 Å². The normalized spacial score (nSPS) is 11.4. The average Bonchev–Trinajstić information content (AvgIpc) is 2.61. The highest BCUT2D eigenvalue weighted by atomic mass is 16.6. The summed E-state index contributed by atoms with van der Waals surface area (Å²) in [6.07, 6.45) is -1.12. The summed E-state index contributed by atoms with van der Waals surface area (Å²) in [5.41, 5.74) is 1.27. The summed E-state index contributed by atoms with van der Waals surface area (Å²) in [5, 5.41) is 18.8. The van der Waals surface area contributed by atoms with Gasteiger partial charge in [0, 0.05) is 13.3 Å². The molecule has 2 aromatic rings. The van der Waals surface area contributed by atoms with Gasteiger partial charge in [-0.15, -0.1) is 0 Å². The first kappa shape index (κ1) is 19.0. The minimum absolute atomic E-state index is 0.0336. The monoisotopic (exact) mass is 357 g/mol. The molecule has 0 bridgehead atoms. The van der Waals surface area contributed by atoms with Crippen LogP contribution >= 0.6 is 0 Å². The molecule has 26 heavy (non-hydrogen) atoms. The number of phenolic OH excluding ortho intramolecular Hbond substituents is 1. The molecule has 2 N–H and O–H groups in total. The van der Waals surface area contributed by atoms with Gasteiger partial charge in [-0.2, -0.15) is 0 Å². The Morgan fingerprint density at radius 1 is 1.00 bits per heavy atom. The number of rotatable bonds is 6. The average molecular weight is 357 g/mol. The van der Waals surface area contributed by atoms with Crippen molar-refractivity contribution < 1.29 is 29.3 Å². The van der Waals surface area contributed by atoms with Crippen LogP contribution < -0.4 is 0 Å². The van der Waals surface area contributed by atoms with Gasteiger partial charge in [-0.1, -0.05) is 42.5 Å². The first-order chi connectivity index (χ1) is 12.4. The Balaban J connectivity index is 2.15. The summed E-state index contributed by atoms with van der Waals surface area (Å²) in [4.78, 5) is 36.5. The van der Waals surface area contributed by atoms with Crippen molar-refractivity contribution in [2.75, 3.05) is 0 Å². The number of hydrogen-bond donors (Lipinski definition) is 2. The second-order valence-electron chi connectivity index (χ2n) is 5.65. The predicted molar refractivity (Wildman–Crippen MR) is 92.4 cm³/mol. The fraction of sp³-hybridized carbons (Fsp3) is 0.211. The summed E-state index contributed by atoms with van der Waals surface area (Å²) in [7, 11) is 0. The molecule has 0 aliphatic carbocycles. The third-order valence-corrected chi connectivity index (χ3v) is 3.70. The van der Waals surface area contributed by atoms with Crippen molar-refractivity contribution in [3.05, 3.63) is 65.7 Å². The molecule has 2 amide bonds. The Labute approximate surface area is 150 Å². The zero-order valence-electron chi connectivity index (χ0n) is 14.2. The number of phenols is 1. The van der Waals surface area contributed by atoms with Crippen molar-refractivity contribution in [3.63, 3.8) is 0 Å². The van der Waals surface area contributed by atoms with Crippen LogP contribution in [0, 0.1) is 0 Å². The molecule has 0 saturated carbocycles. The lowest BCUT2D eigenvalue weighted by atomic mass is 10.0. The standard InChI is InChI=1S/C19H19NO6/c1-13(21)20(19(25)26-12-15-5-3-2-4-6-15)17(18(23)24)11-14-7-9-16(22)10-8-14/h2-10,17,22H,11-12H2,1H3,(H,23,24)/t17-/m0/s1. The molecule has 0 aliphatic heterocycles. The Hall–Kier alpha value is -3.35. The van der Waals surface area contributed by atoms with E-state index in [1.165, 1.54) is 24.3 Å². The van der Waals surface area contributed by atoms with Gasteiger partial charge in [0.2, 0.25) is 5.91 Å². The number of nitrogens with zero attached hydrogens (tertiary/aromatic N) is 1. The van der Waals surface area contributed by atoms with Crippen molar-refractivity contribution in [3.8, 4) is 5.75 Å². The number of carboxylic acids is 1. The molecule has 2 aromatic carbocycles. The van der Waals surface area contributed by atoms with Crippen LogP contribution in [0.2, 0.25) is 0 Å². The van der Waals surface area contributed by atoms with E-state index in [1.807, 2.05) is 6.07 Å². The minimum Gasteiger partial charge on any atom is -0.508 e. The van der Waals surface area contributed by atoms with E-state index in [2.05, 4.69) is 0 Å². The van der Waals surface area contributed by atoms with Crippen molar-refractivity contribution in [2.24, 2.45) is 0 Å². The third-order valence-electron chi connectivity index (χ3n) is 3.70. The van der Waals surface area contributed by atoms with Gasteiger partial charge in [0.25, 0.3) is 0 Å². The topological polar surface area (TPSA) is 104 Å². The molecular weight excluding hydrogens is 338 g/mol. The highest BCUT2D eigenvalue weighted by Gasteiger charge is 2.34. The maximum absolute atomic E-state index is 12.3. The fourth-order valence-electron chi connectivity index (χ4n) is 2.41. The van der Waals surface area contributed by atoms with Gasteiger partial charge in [0.05, 0.1) is 0 Å². The molecule has 7 nitrogen and oxygen atoms in total. The number of aromatic hydroxyl groups is 1. The smallest absolute Gasteiger partial charge is 0.417 e. The Kier molecular flexibility index (Phi) is 6.32. The highest BCUT2D eigenvalue weighted by molar-refractivity contribution is 5.95. The molecule has 0 saturated heterocycles. The number of amides is 2. The SMILES string of the molecule is CC(=O)N(C(=O)OCc1ccccc1)[C@@H](Cc1ccc(O)cc1)C(=O)O. The minimum atomic E-state index is -1.42. The van der Waals surface area contributed by atoms with Gasteiger partial charge >= 0.3 is 12.1 Å². The summed E-state index contributed by atoms with van der Waals surface area (Å²) in [6.45, 7) is 1.03. The van der Waals surface area contributed by atoms with Crippen LogP contribution in [0.4, 0.5) is 4.79 Å². The molecule has 0 spiro atoms. The van der Waals surface area contributed by atoms with Gasteiger partial charge in [-0.25, -0.2) is 14.5 Å². The van der Waals surface area contributed by atoms with Crippen LogP contribution in [0.1, 0.15) is 18.1 Å². The number of hydrogen-bond acceptors (Lipinski definition) is 5. The van der Waals surface area contributed by atoms with Crippen LogP contribution in [0.3, 0.4) is 0 Å². The molecule has 136 valence electrons. The molecule has 0 fully saturated rings. The van der Waals surface area contributed by atoms with E-state index in [4.69, 9.17) is 4.74 Å². The van der Waals surface area contributed by atoms with E-state index in [-0.39, 0.29) is 18.8 Å². The molecule has 2 rings (SSSR count). The van der Waals surface area contributed by atoms with Crippen molar-refractivity contribution in [1.82, 2.24) is 4.90 Å². The molecule has 0 unspecified atom stereocenters. The second kappa shape index (κ2) is 8.66. The van der Waals surface area contributed by atoms with Gasteiger partial charge in [-0.05, 0) is 23.3 Å². The second-order valence-corrected chi connectivity index (χ2v) is 5.65. The summed E-state index contributed by atoms with van der Waals surface area (Å²) >= 11 is 0. The van der Waals surface area contributed by atoms with E-state index in [0.29, 0.717) is 10.5 Å². The summed E-state index contributed by atoms with van der Waals surface area (Å²) in [6, 6.07) is 13.3. The quantitative estimate of drug-likeness (QED) is 0.823. The number of imide groups is 1. The fourth-order valence-corrected chi connectivity index (χ4v) is 2.41. The number of carboxylic acid groups (broad SMARTS) is 1. The molecule has 0 heterocycles. The van der Waals surface area contributed by atoms with Crippen LogP contribution in [0.25, 0.3) is 0 Å². The highest BCUT2D eigenvalue weighted by Crippen LogP contribution is 2.16. The first-order valence-corrected chi connectivity index (χ1v) is 7.89. The van der Waals surface area contributed by atoms with Crippen molar-refractivity contribution in [2.45, 2.75) is 26.0 Å². The summed E-state index contributed by atoms with van der Waals surface area (Å²) in [5.74, 6) is -2.02. The lowest BCUT2D eigenvalue weighted by Gasteiger charge is -2.25. The molecular formula is C19H19NO6. The molecule has 7 heteroatoms. The van der Waals surface area contributed by atoms with Crippen LogP contribution in [0.15, 0.2) is 54.6 Å². The maximum Gasteiger partial charge on any atom is 0.417 e. The van der Waals surface area contributed by atoms with Gasteiger partial charge < -0.3 is 14.9 Å². The number of carbonyl (C=O) groups is 3. The molecule has 0 aliphatic rings. The van der Waals surface area contributed by atoms with E-state index in [9.17, 15) is 24.6 Å². The van der Waals surface area contributed by atoms with Gasteiger partial charge in [-0.3, -0.25) is 4.79 Å². The van der Waals surface area contributed by atoms with E-state index in [1.54, 1.807) is 24.3 Å². The lowest BCUT2D eigenvalue weighted by molar-refractivity contribution is -0.148. The van der Waals surface area contributed by atoms with Gasteiger partial charge in [0.15, 0.2) is 0 Å². The zero-order valence-corrected chi connectivity index (χ0v) is 14.2. The number of carbonyl (C=O) groups excluding carboxylic acids is 2. The van der Waals surface area contributed by atoms with E-state index in [0.717, 1.165) is 12.5 Å². The zero-order chi connectivity index (χ0) is 19.1. The Bertz CT molecular complexity index is 772. The predicted octanol–water partition coefficient (Wildman–Crippen LogP) is 2.57. The molecule has 0 radical (unpaired) electrons. The maximum atomic E-state index is 12.3. The number of benzene rings is 2. The summed E-state index contributed by atoms with van der Waals surface area (Å²) < 4.78 is 5.10. The number of ether oxygens (including phenoxy) is 1. The van der Waals surface area contributed by atoms with Crippen LogP contribution in [-0.2, 0) is 27.4 Å².